The summed E-state index contributed by atoms with van der Waals surface area (Å²) in [6.45, 7) is 5.72. The standard InChI is InChI=1S/C25H24ClN5O3S/c1-2-34-21-8-6-17(7-9-21)24(33)30-12-10-29(11-13-30)16-20-15-22(32)31-25(27-20)35-23(28-31)18-4-3-5-19(26)14-18/h3-9,14-15H,2,10-13,16H2,1H3. The largest absolute Gasteiger partial charge is 0.494 e. The Hall–Kier alpha value is -3.27. The molecular weight excluding hydrogens is 486 g/mol. The number of hydrogen-bond donors (Lipinski definition) is 0. The SMILES string of the molecule is CCOc1ccc(C(=O)N2CCN(Cc3cc(=O)n4nc(-c5cccc(Cl)c5)sc4n3)CC2)cc1. The van der Waals surface area contributed by atoms with E-state index in [2.05, 4.69) is 15.0 Å². The topological polar surface area (TPSA) is 80.0 Å². The van der Waals surface area contributed by atoms with Gasteiger partial charge in [0, 0.05) is 54.9 Å². The summed E-state index contributed by atoms with van der Waals surface area (Å²) in [5, 5.41) is 5.73. The van der Waals surface area contributed by atoms with Crippen molar-refractivity contribution in [3.05, 3.63) is 81.2 Å². The molecule has 1 saturated heterocycles. The third kappa shape index (κ3) is 5.22. The van der Waals surface area contributed by atoms with E-state index in [1.165, 1.54) is 21.9 Å². The van der Waals surface area contributed by atoms with Crippen LogP contribution in [-0.2, 0) is 6.54 Å². The number of fused-ring (bicyclic) bond motifs is 1. The number of ether oxygens (including phenoxy) is 1. The molecule has 1 aliphatic rings. The molecule has 10 heteroatoms. The predicted molar refractivity (Wildman–Crippen MR) is 136 cm³/mol. The summed E-state index contributed by atoms with van der Waals surface area (Å²) in [5.74, 6) is 0.776. The zero-order chi connectivity index (χ0) is 24.4. The highest BCUT2D eigenvalue weighted by Crippen LogP contribution is 2.26. The molecular formula is C25H24ClN5O3S. The zero-order valence-corrected chi connectivity index (χ0v) is 20.8. The second-order valence-electron chi connectivity index (χ2n) is 8.22. The van der Waals surface area contributed by atoms with Crippen molar-refractivity contribution in [1.29, 1.82) is 0 Å². The number of piperazine rings is 1. The summed E-state index contributed by atoms with van der Waals surface area (Å²) in [5.41, 5.74) is 1.99. The Morgan fingerprint density at radius 3 is 2.57 bits per heavy atom. The lowest BCUT2D eigenvalue weighted by Crippen LogP contribution is -2.48. The van der Waals surface area contributed by atoms with Crippen LogP contribution in [0.25, 0.3) is 15.5 Å². The summed E-state index contributed by atoms with van der Waals surface area (Å²) in [4.78, 5) is 34.8. The van der Waals surface area contributed by atoms with Gasteiger partial charge in [0.05, 0.1) is 12.3 Å². The first kappa shape index (κ1) is 23.5. The van der Waals surface area contributed by atoms with Crippen LogP contribution in [0.5, 0.6) is 5.75 Å². The first-order chi connectivity index (χ1) is 17.0. The van der Waals surface area contributed by atoms with Crippen molar-refractivity contribution in [2.24, 2.45) is 0 Å². The number of amides is 1. The van der Waals surface area contributed by atoms with Crippen LogP contribution >= 0.6 is 22.9 Å². The van der Waals surface area contributed by atoms with Crippen LogP contribution in [0.15, 0.2) is 59.4 Å². The lowest BCUT2D eigenvalue weighted by molar-refractivity contribution is 0.0627. The third-order valence-corrected chi connectivity index (χ3v) is 7.02. The van der Waals surface area contributed by atoms with Crippen LogP contribution < -0.4 is 10.3 Å². The molecule has 2 aromatic heterocycles. The van der Waals surface area contributed by atoms with Crippen molar-refractivity contribution in [3.63, 3.8) is 0 Å². The number of carbonyl (C=O) groups is 1. The van der Waals surface area contributed by atoms with E-state index < -0.39 is 0 Å². The Labute approximate surface area is 211 Å². The van der Waals surface area contributed by atoms with Crippen LogP contribution in [0.2, 0.25) is 5.02 Å². The van der Waals surface area contributed by atoms with Gasteiger partial charge in [-0.05, 0) is 43.3 Å². The van der Waals surface area contributed by atoms with E-state index in [0.717, 1.165) is 11.3 Å². The van der Waals surface area contributed by atoms with Crippen molar-refractivity contribution < 1.29 is 9.53 Å². The van der Waals surface area contributed by atoms with Crippen molar-refractivity contribution in [3.8, 4) is 16.3 Å². The molecule has 180 valence electrons. The predicted octanol–water partition coefficient (Wildman–Crippen LogP) is 3.83. The number of halogens is 1. The number of hydrogen-bond acceptors (Lipinski definition) is 7. The number of carbonyl (C=O) groups excluding carboxylic acids is 1. The van der Waals surface area contributed by atoms with Gasteiger partial charge in [0.15, 0.2) is 0 Å². The van der Waals surface area contributed by atoms with E-state index >= 15 is 0 Å². The van der Waals surface area contributed by atoms with Gasteiger partial charge in [-0.2, -0.15) is 9.61 Å². The average molecular weight is 510 g/mol. The van der Waals surface area contributed by atoms with Gasteiger partial charge in [-0.15, -0.1) is 0 Å². The minimum absolute atomic E-state index is 0.0173. The van der Waals surface area contributed by atoms with Crippen LogP contribution in [0.3, 0.4) is 0 Å². The maximum atomic E-state index is 12.9. The maximum absolute atomic E-state index is 12.9. The number of benzene rings is 2. The molecule has 0 unspecified atom stereocenters. The van der Waals surface area contributed by atoms with Crippen molar-refractivity contribution in [2.75, 3.05) is 32.8 Å². The lowest BCUT2D eigenvalue weighted by Gasteiger charge is -2.34. The molecule has 3 heterocycles. The summed E-state index contributed by atoms with van der Waals surface area (Å²) in [6.07, 6.45) is 0. The Bertz CT molecular complexity index is 1410. The number of rotatable bonds is 6. The fourth-order valence-electron chi connectivity index (χ4n) is 4.06. The highest BCUT2D eigenvalue weighted by Gasteiger charge is 2.23. The first-order valence-corrected chi connectivity index (χ1v) is 12.6. The molecule has 0 saturated carbocycles. The molecule has 0 aliphatic carbocycles. The summed E-state index contributed by atoms with van der Waals surface area (Å²) in [6, 6.07) is 16.2. The van der Waals surface area contributed by atoms with Gasteiger partial charge in [-0.25, -0.2) is 4.98 Å². The van der Waals surface area contributed by atoms with E-state index in [1.54, 1.807) is 18.2 Å². The molecule has 1 aliphatic heterocycles. The maximum Gasteiger partial charge on any atom is 0.275 e. The zero-order valence-electron chi connectivity index (χ0n) is 19.2. The summed E-state index contributed by atoms with van der Waals surface area (Å²) >= 11 is 7.46. The molecule has 5 rings (SSSR count). The van der Waals surface area contributed by atoms with Crippen molar-refractivity contribution in [1.82, 2.24) is 24.4 Å². The van der Waals surface area contributed by atoms with Gasteiger partial charge in [0.1, 0.15) is 10.8 Å². The summed E-state index contributed by atoms with van der Waals surface area (Å²) < 4.78 is 6.78. The highest BCUT2D eigenvalue weighted by molar-refractivity contribution is 7.19. The minimum atomic E-state index is -0.209. The van der Waals surface area contributed by atoms with Gasteiger partial charge >= 0.3 is 0 Å². The van der Waals surface area contributed by atoms with E-state index in [0.29, 0.717) is 65.6 Å². The molecule has 1 amide bonds. The fourth-order valence-corrected chi connectivity index (χ4v) is 5.17. The fraction of sp³-hybridized carbons (Fsp3) is 0.280. The molecule has 1 fully saturated rings. The molecule has 0 bridgehead atoms. The van der Waals surface area contributed by atoms with E-state index in [9.17, 15) is 9.59 Å². The van der Waals surface area contributed by atoms with Crippen molar-refractivity contribution >= 4 is 33.8 Å². The van der Waals surface area contributed by atoms with Gasteiger partial charge in [-0.3, -0.25) is 14.5 Å². The molecule has 4 aromatic rings. The normalized spacial score (nSPS) is 14.4. The molecule has 8 nitrogen and oxygen atoms in total. The second-order valence-corrected chi connectivity index (χ2v) is 9.62. The van der Waals surface area contributed by atoms with Gasteiger partial charge in [0.25, 0.3) is 11.5 Å². The Morgan fingerprint density at radius 1 is 1.09 bits per heavy atom. The van der Waals surface area contributed by atoms with Crippen LogP contribution in [-0.4, -0.2) is 63.1 Å². The second kappa shape index (κ2) is 10.2. The third-order valence-electron chi connectivity index (χ3n) is 5.83. The van der Waals surface area contributed by atoms with Gasteiger partial charge in [0.2, 0.25) is 4.96 Å². The molecule has 0 spiro atoms. The number of nitrogens with zero attached hydrogens (tertiary/aromatic N) is 5. The molecule has 0 atom stereocenters. The highest BCUT2D eigenvalue weighted by atomic mass is 35.5. The quantitative estimate of drug-likeness (QED) is 0.393. The Morgan fingerprint density at radius 2 is 1.86 bits per heavy atom. The van der Waals surface area contributed by atoms with E-state index in [-0.39, 0.29) is 11.5 Å². The molecule has 0 N–H and O–H groups in total. The number of aromatic nitrogens is 3. The van der Waals surface area contributed by atoms with Crippen LogP contribution in [0, 0.1) is 0 Å². The Kier molecular flexibility index (Phi) is 6.81. The van der Waals surface area contributed by atoms with E-state index in [4.69, 9.17) is 16.3 Å². The first-order valence-electron chi connectivity index (χ1n) is 11.4. The lowest BCUT2D eigenvalue weighted by atomic mass is 10.1. The minimum Gasteiger partial charge on any atom is -0.494 e. The van der Waals surface area contributed by atoms with Crippen molar-refractivity contribution in [2.45, 2.75) is 13.5 Å². The van der Waals surface area contributed by atoms with E-state index in [1.807, 2.05) is 42.2 Å². The molecule has 2 aromatic carbocycles. The molecule has 0 radical (unpaired) electrons. The van der Waals surface area contributed by atoms with Crippen LogP contribution in [0.1, 0.15) is 23.0 Å². The monoisotopic (exact) mass is 509 g/mol. The summed E-state index contributed by atoms with van der Waals surface area (Å²) in [7, 11) is 0. The van der Waals surface area contributed by atoms with Gasteiger partial charge in [-0.1, -0.05) is 35.1 Å². The smallest absolute Gasteiger partial charge is 0.275 e. The van der Waals surface area contributed by atoms with Gasteiger partial charge < -0.3 is 9.64 Å². The molecule has 35 heavy (non-hydrogen) atoms. The van der Waals surface area contributed by atoms with Crippen LogP contribution in [0.4, 0.5) is 0 Å². The Balaban J connectivity index is 1.24. The average Bonchev–Trinajstić information content (AvgIpc) is 3.30.